The van der Waals surface area contributed by atoms with Crippen molar-refractivity contribution in [2.75, 3.05) is 24.7 Å². The van der Waals surface area contributed by atoms with Gasteiger partial charge in [-0.3, -0.25) is 0 Å². The van der Waals surface area contributed by atoms with Gasteiger partial charge in [0.25, 0.3) is 0 Å². The van der Waals surface area contributed by atoms with E-state index >= 15 is 0 Å². The molecule has 0 aromatic heterocycles. The van der Waals surface area contributed by atoms with Gasteiger partial charge in [0.2, 0.25) is 0 Å². The molecule has 0 aliphatic carbocycles. The Morgan fingerprint density at radius 3 is 1.27 bits per heavy atom. The molecule has 0 aliphatic rings. The molecule has 0 fully saturated rings. The van der Waals surface area contributed by atoms with Crippen LogP contribution in [0.3, 0.4) is 0 Å². The number of anilines is 2. The number of ether oxygens (including phenoxy) is 2. The highest BCUT2D eigenvalue weighted by molar-refractivity contribution is 5.96. The van der Waals surface area contributed by atoms with Crippen LogP contribution < -0.4 is 11.5 Å². The van der Waals surface area contributed by atoms with Gasteiger partial charge in [-0.1, -0.05) is 36.4 Å². The highest BCUT2D eigenvalue weighted by Crippen LogP contribution is 2.37. The molecule has 154 valence electrons. The molecule has 0 radical (unpaired) electrons. The number of esters is 2. The quantitative estimate of drug-likeness (QED) is 0.462. The first kappa shape index (κ1) is 20.9. The summed E-state index contributed by atoms with van der Waals surface area (Å²) < 4.78 is 10.0. The van der Waals surface area contributed by atoms with E-state index in [-0.39, 0.29) is 11.9 Å². The van der Waals surface area contributed by atoms with E-state index < -0.39 is 0 Å². The van der Waals surface area contributed by atoms with Gasteiger partial charge >= 0.3 is 11.9 Å². The topological polar surface area (TPSA) is 105 Å². The van der Waals surface area contributed by atoms with Gasteiger partial charge in [-0.25, -0.2) is 9.59 Å². The van der Waals surface area contributed by atoms with Crippen LogP contribution >= 0.6 is 0 Å². The highest BCUT2D eigenvalue weighted by atomic mass is 16.5. The van der Waals surface area contributed by atoms with Crippen LogP contribution in [-0.2, 0) is 9.47 Å². The number of carbonyl (C=O) groups excluding carboxylic acids is 2. The summed E-state index contributed by atoms with van der Waals surface area (Å²) in [6.45, 7) is 4.18. The third-order valence-corrected chi connectivity index (χ3v) is 4.70. The van der Waals surface area contributed by atoms with Crippen molar-refractivity contribution in [2.45, 2.75) is 13.8 Å². The molecular weight excluding hydrogens is 380 g/mol. The lowest BCUT2D eigenvalue weighted by molar-refractivity contribution is 0.0517. The van der Waals surface area contributed by atoms with Crippen LogP contribution in [0.5, 0.6) is 0 Å². The molecule has 0 spiro atoms. The zero-order chi connectivity index (χ0) is 21.7. The Hall–Kier alpha value is -3.80. The molecular formula is C24H24N2O4. The Morgan fingerprint density at radius 1 is 0.633 bits per heavy atom. The average molecular weight is 404 g/mol. The number of rotatable bonds is 6. The summed E-state index contributed by atoms with van der Waals surface area (Å²) in [5.74, 6) is -0.726. The molecule has 6 nitrogen and oxygen atoms in total. The molecule has 30 heavy (non-hydrogen) atoms. The normalized spacial score (nSPS) is 10.5. The van der Waals surface area contributed by atoms with Crippen LogP contribution in [0.2, 0.25) is 0 Å². The summed E-state index contributed by atoms with van der Waals surface area (Å²) in [5.41, 5.74) is 17.7. The summed E-state index contributed by atoms with van der Waals surface area (Å²) in [6, 6.07) is 17.8. The summed E-state index contributed by atoms with van der Waals surface area (Å²) >= 11 is 0. The molecule has 3 rings (SSSR count). The van der Waals surface area contributed by atoms with E-state index in [1.807, 2.05) is 36.4 Å². The van der Waals surface area contributed by atoms with Gasteiger partial charge < -0.3 is 20.9 Å². The van der Waals surface area contributed by atoms with E-state index in [4.69, 9.17) is 20.9 Å². The maximum atomic E-state index is 11.8. The maximum absolute atomic E-state index is 11.8. The Kier molecular flexibility index (Phi) is 6.37. The molecule has 6 heteroatoms. The third kappa shape index (κ3) is 4.27. The predicted molar refractivity (Wildman–Crippen MR) is 118 cm³/mol. The van der Waals surface area contributed by atoms with E-state index in [0.29, 0.717) is 35.7 Å². The molecule has 0 heterocycles. The zero-order valence-electron chi connectivity index (χ0n) is 17.0. The van der Waals surface area contributed by atoms with Gasteiger partial charge in [0, 0.05) is 11.1 Å². The van der Waals surface area contributed by atoms with E-state index in [1.165, 1.54) is 0 Å². The number of nitrogen functional groups attached to an aromatic ring is 2. The van der Waals surface area contributed by atoms with E-state index in [0.717, 1.165) is 22.3 Å². The van der Waals surface area contributed by atoms with Crippen LogP contribution in [0.25, 0.3) is 22.3 Å². The van der Waals surface area contributed by atoms with Gasteiger partial charge in [-0.15, -0.1) is 0 Å². The minimum absolute atomic E-state index is 0.326. The average Bonchev–Trinajstić information content (AvgIpc) is 2.76. The number of hydrogen-bond acceptors (Lipinski definition) is 6. The molecule has 3 aromatic carbocycles. The van der Waals surface area contributed by atoms with Crippen molar-refractivity contribution in [2.24, 2.45) is 0 Å². The van der Waals surface area contributed by atoms with Crippen molar-refractivity contribution in [3.63, 3.8) is 0 Å². The van der Waals surface area contributed by atoms with Gasteiger partial charge in [0.15, 0.2) is 0 Å². The Morgan fingerprint density at radius 2 is 0.967 bits per heavy atom. The summed E-state index contributed by atoms with van der Waals surface area (Å²) in [4.78, 5) is 23.6. The van der Waals surface area contributed by atoms with Gasteiger partial charge in [0.1, 0.15) is 0 Å². The summed E-state index contributed by atoms with van der Waals surface area (Å²) in [5, 5.41) is 0. The van der Waals surface area contributed by atoms with Crippen LogP contribution in [-0.4, -0.2) is 25.2 Å². The fraction of sp³-hybridized carbons (Fsp3) is 0.167. The van der Waals surface area contributed by atoms with Crippen molar-refractivity contribution < 1.29 is 19.1 Å². The van der Waals surface area contributed by atoms with E-state index in [1.54, 1.807) is 38.1 Å². The third-order valence-electron chi connectivity index (χ3n) is 4.70. The Bertz CT molecular complexity index is 971. The molecule has 0 atom stereocenters. The first-order chi connectivity index (χ1) is 14.5. The van der Waals surface area contributed by atoms with Crippen LogP contribution in [0.1, 0.15) is 34.6 Å². The molecule has 0 saturated carbocycles. The molecule has 0 unspecified atom stereocenters. The van der Waals surface area contributed by atoms with E-state index in [9.17, 15) is 9.59 Å². The molecule has 0 bridgehead atoms. The van der Waals surface area contributed by atoms with Crippen LogP contribution in [0, 0.1) is 0 Å². The minimum atomic E-state index is -0.363. The minimum Gasteiger partial charge on any atom is -0.462 e. The van der Waals surface area contributed by atoms with E-state index in [2.05, 4.69) is 0 Å². The lowest BCUT2D eigenvalue weighted by atomic mass is 9.95. The summed E-state index contributed by atoms with van der Waals surface area (Å²) in [7, 11) is 0. The second-order valence-corrected chi connectivity index (χ2v) is 6.58. The fourth-order valence-corrected chi connectivity index (χ4v) is 3.14. The van der Waals surface area contributed by atoms with Crippen molar-refractivity contribution in [3.05, 3.63) is 71.8 Å². The molecule has 4 N–H and O–H groups in total. The van der Waals surface area contributed by atoms with Gasteiger partial charge in [-0.2, -0.15) is 0 Å². The molecule has 0 aliphatic heterocycles. The summed E-state index contributed by atoms with van der Waals surface area (Å²) in [6.07, 6.45) is 0. The lowest BCUT2D eigenvalue weighted by Crippen LogP contribution is -2.05. The second-order valence-electron chi connectivity index (χ2n) is 6.58. The van der Waals surface area contributed by atoms with Crippen LogP contribution in [0.15, 0.2) is 60.7 Å². The first-order valence-electron chi connectivity index (χ1n) is 9.69. The van der Waals surface area contributed by atoms with Crippen molar-refractivity contribution in [1.82, 2.24) is 0 Å². The monoisotopic (exact) mass is 404 g/mol. The zero-order valence-corrected chi connectivity index (χ0v) is 17.0. The van der Waals surface area contributed by atoms with Crippen molar-refractivity contribution in [1.29, 1.82) is 0 Å². The number of nitrogens with two attached hydrogens (primary N) is 2. The predicted octanol–water partition coefficient (Wildman–Crippen LogP) is 4.54. The largest absolute Gasteiger partial charge is 0.462 e. The maximum Gasteiger partial charge on any atom is 0.338 e. The first-order valence-corrected chi connectivity index (χ1v) is 9.69. The fourth-order valence-electron chi connectivity index (χ4n) is 3.14. The lowest BCUT2D eigenvalue weighted by Gasteiger charge is -2.14. The standard InChI is InChI=1S/C24H24N2O4/c1-3-29-23(27)17-9-5-15(6-10-17)19-13-14-20(22(26)21(19)25)16-7-11-18(12-8-16)24(28)30-4-2/h5-14H,3-4,25-26H2,1-2H3. The highest BCUT2D eigenvalue weighted by Gasteiger charge is 2.14. The molecule has 0 saturated heterocycles. The second kappa shape index (κ2) is 9.13. The smallest absolute Gasteiger partial charge is 0.338 e. The van der Waals surface area contributed by atoms with Crippen LogP contribution in [0.4, 0.5) is 11.4 Å². The Balaban J connectivity index is 1.89. The SMILES string of the molecule is CCOC(=O)c1ccc(-c2ccc(-c3ccc(C(=O)OCC)cc3)c(N)c2N)cc1. The number of carbonyl (C=O) groups is 2. The van der Waals surface area contributed by atoms with Crippen molar-refractivity contribution in [3.8, 4) is 22.3 Å². The van der Waals surface area contributed by atoms with Gasteiger partial charge in [0.05, 0.1) is 35.7 Å². The van der Waals surface area contributed by atoms with Gasteiger partial charge in [-0.05, 0) is 49.2 Å². The molecule has 0 amide bonds. The Labute approximate surface area is 175 Å². The molecule has 3 aromatic rings. The number of benzene rings is 3. The number of hydrogen-bond donors (Lipinski definition) is 2. The van der Waals surface area contributed by atoms with Crippen molar-refractivity contribution >= 4 is 23.3 Å².